The number of fused-ring (bicyclic) bond motifs is 1. The zero-order chi connectivity index (χ0) is 12.7. The Morgan fingerprint density at radius 1 is 1.06 bits per heavy atom. The summed E-state index contributed by atoms with van der Waals surface area (Å²) in [4.78, 5) is 11.5. The first-order chi connectivity index (χ1) is 8.65. The van der Waals surface area contributed by atoms with E-state index in [1.807, 2.05) is 12.1 Å². The molecule has 90 valence electrons. The Morgan fingerprint density at radius 2 is 1.89 bits per heavy atom. The molecule has 0 bridgehead atoms. The van der Waals surface area contributed by atoms with Crippen molar-refractivity contribution in [3.05, 3.63) is 53.1 Å². The van der Waals surface area contributed by atoms with Gasteiger partial charge in [0.2, 0.25) is 5.91 Å². The van der Waals surface area contributed by atoms with Crippen LogP contribution >= 0.6 is 0 Å². The molecule has 2 nitrogen and oxygen atoms in total. The van der Waals surface area contributed by atoms with Crippen LogP contribution in [0.3, 0.4) is 0 Å². The van der Waals surface area contributed by atoms with Crippen molar-refractivity contribution in [2.75, 3.05) is 5.32 Å². The Hall–Kier alpha value is -2.09. The number of nitrogens with one attached hydrogen (secondary N) is 1. The van der Waals surface area contributed by atoms with Gasteiger partial charge in [0.1, 0.15) is 0 Å². The fourth-order valence-electron chi connectivity index (χ4n) is 2.50. The second kappa shape index (κ2) is 3.98. The van der Waals surface area contributed by atoms with Crippen molar-refractivity contribution in [2.24, 2.45) is 0 Å². The minimum atomic E-state index is 0.0859. The Labute approximate surface area is 107 Å². The lowest BCUT2D eigenvalue weighted by molar-refractivity contribution is -0.115. The normalized spacial score (nSPS) is 13.3. The molecule has 0 fully saturated rings. The van der Waals surface area contributed by atoms with Crippen molar-refractivity contribution in [3.8, 4) is 11.1 Å². The van der Waals surface area contributed by atoms with Gasteiger partial charge in [0.15, 0.2) is 0 Å². The number of rotatable bonds is 1. The predicted octanol–water partition coefficient (Wildman–Crippen LogP) is 3.47. The molecule has 1 heterocycles. The summed E-state index contributed by atoms with van der Waals surface area (Å²) in [5, 5.41) is 2.97. The van der Waals surface area contributed by atoms with E-state index >= 15 is 0 Å². The molecule has 3 rings (SSSR count). The molecule has 0 radical (unpaired) electrons. The van der Waals surface area contributed by atoms with Gasteiger partial charge in [-0.25, -0.2) is 0 Å². The third kappa shape index (κ3) is 1.70. The fraction of sp³-hybridized carbons (Fsp3) is 0.188. The zero-order valence-electron chi connectivity index (χ0n) is 10.6. The van der Waals surface area contributed by atoms with E-state index in [0.717, 1.165) is 16.8 Å². The summed E-state index contributed by atoms with van der Waals surface area (Å²) in [5.74, 6) is 0.0859. The van der Waals surface area contributed by atoms with Gasteiger partial charge in [-0.1, -0.05) is 42.0 Å². The van der Waals surface area contributed by atoms with E-state index in [1.165, 1.54) is 16.7 Å². The average molecular weight is 237 g/mol. The molecule has 1 amide bonds. The first kappa shape index (κ1) is 11.0. The highest BCUT2D eigenvalue weighted by atomic mass is 16.1. The van der Waals surface area contributed by atoms with E-state index < -0.39 is 0 Å². The molecular formula is C16H15NO. The lowest BCUT2D eigenvalue weighted by Crippen LogP contribution is -2.04. The summed E-state index contributed by atoms with van der Waals surface area (Å²) in [6.07, 6.45) is 0.494. The number of hydrogen-bond acceptors (Lipinski definition) is 1. The van der Waals surface area contributed by atoms with E-state index in [0.29, 0.717) is 6.42 Å². The van der Waals surface area contributed by atoms with Crippen LogP contribution < -0.4 is 5.32 Å². The average Bonchev–Trinajstić information content (AvgIpc) is 2.72. The largest absolute Gasteiger partial charge is 0.325 e. The lowest BCUT2D eigenvalue weighted by Gasteiger charge is -2.11. The van der Waals surface area contributed by atoms with Gasteiger partial charge in [-0.2, -0.15) is 0 Å². The van der Waals surface area contributed by atoms with Gasteiger partial charge in [0, 0.05) is 5.56 Å². The van der Waals surface area contributed by atoms with Crippen molar-refractivity contribution in [2.45, 2.75) is 20.3 Å². The summed E-state index contributed by atoms with van der Waals surface area (Å²) >= 11 is 0. The highest BCUT2D eigenvalue weighted by molar-refractivity contribution is 6.04. The quantitative estimate of drug-likeness (QED) is 0.808. The zero-order valence-corrected chi connectivity index (χ0v) is 10.6. The molecule has 1 aliphatic heterocycles. The van der Waals surface area contributed by atoms with Crippen molar-refractivity contribution >= 4 is 11.6 Å². The van der Waals surface area contributed by atoms with E-state index in [1.54, 1.807) is 0 Å². The predicted molar refractivity (Wildman–Crippen MR) is 73.7 cm³/mol. The maximum atomic E-state index is 11.5. The minimum Gasteiger partial charge on any atom is -0.325 e. The minimum absolute atomic E-state index is 0.0859. The number of anilines is 1. The lowest BCUT2D eigenvalue weighted by atomic mass is 9.95. The molecule has 0 atom stereocenters. The van der Waals surface area contributed by atoms with Gasteiger partial charge in [-0.15, -0.1) is 0 Å². The van der Waals surface area contributed by atoms with Crippen molar-refractivity contribution in [1.82, 2.24) is 0 Å². The first-order valence-corrected chi connectivity index (χ1v) is 6.14. The molecule has 18 heavy (non-hydrogen) atoms. The van der Waals surface area contributed by atoms with Crippen molar-refractivity contribution < 1.29 is 4.79 Å². The third-order valence-electron chi connectivity index (χ3n) is 3.45. The van der Waals surface area contributed by atoms with Gasteiger partial charge in [-0.3, -0.25) is 4.79 Å². The molecule has 0 aromatic heterocycles. The Morgan fingerprint density at radius 3 is 2.72 bits per heavy atom. The molecule has 0 spiro atoms. The second-order valence-electron chi connectivity index (χ2n) is 4.88. The SMILES string of the molecule is Cc1ccc(C)c(-c2cccc3c2NC(=O)C3)c1. The maximum Gasteiger partial charge on any atom is 0.228 e. The van der Waals surface area contributed by atoms with E-state index in [4.69, 9.17) is 0 Å². The molecule has 0 unspecified atom stereocenters. The highest BCUT2D eigenvalue weighted by Crippen LogP contribution is 2.36. The summed E-state index contributed by atoms with van der Waals surface area (Å²) in [6, 6.07) is 12.5. The van der Waals surface area contributed by atoms with Crippen LogP contribution in [-0.4, -0.2) is 5.91 Å². The van der Waals surface area contributed by atoms with E-state index in [9.17, 15) is 4.79 Å². The first-order valence-electron chi connectivity index (χ1n) is 6.14. The molecule has 0 aliphatic carbocycles. The fourth-order valence-corrected chi connectivity index (χ4v) is 2.50. The van der Waals surface area contributed by atoms with E-state index in [2.05, 4.69) is 43.4 Å². The second-order valence-corrected chi connectivity index (χ2v) is 4.88. The molecular weight excluding hydrogens is 222 g/mol. The molecule has 1 aliphatic rings. The topological polar surface area (TPSA) is 29.1 Å². The van der Waals surface area contributed by atoms with Crippen LogP contribution in [0.5, 0.6) is 0 Å². The standard InChI is InChI=1S/C16H15NO/c1-10-6-7-11(2)14(8-10)13-5-3-4-12-9-15(18)17-16(12)13/h3-8H,9H2,1-2H3,(H,17,18). The Bertz CT molecular complexity index is 644. The molecule has 0 saturated heterocycles. The van der Waals surface area contributed by atoms with Crippen LogP contribution in [0.1, 0.15) is 16.7 Å². The van der Waals surface area contributed by atoms with Gasteiger partial charge in [-0.05, 0) is 30.5 Å². The van der Waals surface area contributed by atoms with Crippen LogP contribution in [0, 0.1) is 13.8 Å². The summed E-state index contributed by atoms with van der Waals surface area (Å²) in [5.41, 5.74) is 6.87. The summed E-state index contributed by atoms with van der Waals surface area (Å²) in [6.45, 7) is 4.19. The number of carbonyl (C=O) groups is 1. The maximum absolute atomic E-state index is 11.5. The van der Waals surface area contributed by atoms with Gasteiger partial charge >= 0.3 is 0 Å². The van der Waals surface area contributed by atoms with E-state index in [-0.39, 0.29) is 5.91 Å². The summed E-state index contributed by atoms with van der Waals surface area (Å²) < 4.78 is 0. The van der Waals surface area contributed by atoms with Gasteiger partial charge < -0.3 is 5.32 Å². The van der Waals surface area contributed by atoms with Crippen molar-refractivity contribution in [1.29, 1.82) is 0 Å². The van der Waals surface area contributed by atoms with Crippen LogP contribution in [-0.2, 0) is 11.2 Å². The van der Waals surface area contributed by atoms with Crippen LogP contribution in [0.4, 0.5) is 5.69 Å². The number of benzene rings is 2. The monoisotopic (exact) mass is 237 g/mol. The highest BCUT2D eigenvalue weighted by Gasteiger charge is 2.21. The molecule has 2 aromatic carbocycles. The number of carbonyl (C=O) groups excluding carboxylic acids is 1. The molecule has 2 heteroatoms. The number of aryl methyl sites for hydroxylation is 2. The Balaban J connectivity index is 2.22. The van der Waals surface area contributed by atoms with Crippen LogP contribution in [0.25, 0.3) is 11.1 Å². The van der Waals surface area contributed by atoms with Crippen LogP contribution in [0.15, 0.2) is 36.4 Å². The smallest absolute Gasteiger partial charge is 0.228 e. The van der Waals surface area contributed by atoms with Gasteiger partial charge in [0.25, 0.3) is 0 Å². The number of hydrogen-bond donors (Lipinski definition) is 1. The number of amides is 1. The molecule has 2 aromatic rings. The third-order valence-corrected chi connectivity index (χ3v) is 3.45. The van der Waals surface area contributed by atoms with Gasteiger partial charge in [0.05, 0.1) is 12.1 Å². The molecule has 1 N–H and O–H groups in total. The Kier molecular flexibility index (Phi) is 2.44. The van der Waals surface area contributed by atoms with Crippen LogP contribution in [0.2, 0.25) is 0 Å². The van der Waals surface area contributed by atoms with Crippen molar-refractivity contribution in [3.63, 3.8) is 0 Å². The molecule has 0 saturated carbocycles. The number of para-hydroxylation sites is 1. The summed E-state index contributed by atoms with van der Waals surface area (Å²) in [7, 11) is 0.